The predicted octanol–water partition coefficient (Wildman–Crippen LogP) is -0.0279. The van der Waals surface area contributed by atoms with Gasteiger partial charge in [0.05, 0.1) is 11.8 Å². The number of piperidine rings is 1. The molecule has 2 fully saturated rings. The van der Waals surface area contributed by atoms with Crippen molar-refractivity contribution in [3.05, 3.63) is 0 Å². The summed E-state index contributed by atoms with van der Waals surface area (Å²) >= 11 is 1.51. The lowest BCUT2D eigenvalue weighted by atomic mass is 9.98. The number of aliphatic carboxylic acids is 1. The van der Waals surface area contributed by atoms with Crippen LogP contribution < -0.4 is 5.32 Å². The molecule has 0 aliphatic carbocycles. The van der Waals surface area contributed by atoms with Gasteiger partial charge in [-0.05, 0) is 19.4 Å². The van der Waals surface area contributed by atoms with Crippen LogP contribution in [-0.4, -0.2) is 52.6 Å². The number of rotatable bonds is 2. The van der Waals surface area contributed by atoms with Crippen LogP contribution in [0.1, 0.15) is 12.8 Å². The van der Waals surface area contributed by atoms with E-state index >= 15 is 0 Å². The molecule has 2 atom stereocenters. The fourth-order valence-corrected chi connectivity index (χ4v) is 3.32. The summed E-state index contributed by atoms with van der Waals surface area (Å²) in [6.45, 7) is 1.65. The first-order valence-electron chi connectivity index (χ1n) is 5.52. The van der Waals surface area contributed by atoms with E-state index in [2.05, 4.69) is 5.32 Å². The summed E-state index contributed by atoms with van der Waals surface area (Å²) in [5, 5.41) is 12.2. The predicted molar refractivity (Wildman–Crippen MR) is 61.2 cm³/mol. The van der Waals surface area contributed by atoms with E-state index < -0.39 is 12.0 Å². The maximum Gasteiger partial charge on any atom is 0.327 e. The van der Waals surface area contributed by atoms with Crippen molar-refractivity contribution < 1.29 is 14.7 Å². The molecule has 0 aromatic heterocycles. The number of nitrogens with zero attached hydrogens (tertiary/aromatic N) is 1. The highest BCUT2D eigenvalue weighted by atomic mass is 32.2. The van der Waals surface area contributed by atoms with Gasteiger partial charge < -0.3 is 15.3 Å². The quantitative estimate of drug-likeness (QED) is 0.714. The summed E-state index contributed by atoms with van der Waals surface area (Å²) in [4.78, 5) is 24.6. The SMILES string of the molecule is O=C(O)[C@@H]1CSCN1C(=O)[C@@H]1CCCNC1. The normalized spacial score (nSPS) is 30.4. The van der Waals surface area contributed by atoms with Gasteiger partial charge >= 0.3 is 5.97 Å². The number of carboxylic acid groups (broad SMARTS) is 1. The highest BCUT2D eigenvalue weighted by molar-refractivity contribution is 7.99. The third-order valence-corrected chi connectivity index (χ3v) is 4.11. The highest BCUT2D eigenvalue weighted by Crippen LogP contribution is 2.24. The zero-order chi connectivity index (χ0) is 11.5. The second kappa shape index (κ2) is 5.05. The molecular weight excluding hydrogens is 228 g/mol. The smallest absolute Gasteiger partial charge is 0.327 e. The van der Waals surface area contributed by atoms with E-state index in [-0.39, 0.29) is 11.8 Å². The van der Waals surface area contributed by atoms with Crippen molar-refractivity contribution in [1.29, 1.82) is 0 Å². The third kappa shape index (κ3) is 2.32. The van der Waals surface area contributed by atoms with Gasteiger partial charge in [-0.2, -0.15) is 0 Å². The Morgan fingerprint density at radius 2 is 2.25 bits per heavy atom. The van der Waals surface area contributed by atoms with Crippen molar-refractivity contribution in [3.8, 4) is 0 Å². The van der Waals surface area contributed by atoms with E-state index in [0.717, 1.165) is 19.4 Å². The monoisotopic (exact) mass is 244 g/mol. The van der Waals surface area contributed by atoms with Gasteiger partial charge in [0.1, 0.15) is 6.04 Å². The van der Waals surface area contributed by atoms with Crippen molar-refractivity contribution in [1.82, 2.24) is 10.2 Å². The number of hydrogen-bond donors (Lipinski definition) is 2. The molecular formula is C10H16N2O3S. The summed E-state index contributed by atoms with van der Waals surface area (Å²) in [7, 11) is 0. The zero-order valence-corrected chi connectivity index (χ0v) is 9.83. The number of thioether (sulfide) groups is 1. The minimum Gasteiger partial charge on any atom is -0.480 e. The first-order chi connectivity index (χ1) is 7.70. The third-order valence-electron chi connectivity index (χ3n) is 3.10. The van der Waals surface area contributed by atoms with Crippen molar-refractivity contribution >= 4 is 23.6 Å². The average Bonchev–Trinajstić information content (AvgIpc) is 2.78. The first kappa shape index (κ1) is 11.7. The molecule has 90 valence electrons. The van der Waals surface area contributed by atoms with E-state index in [1.807, 2.05) is 0 Å². The van der Waals surface area contributed by atoms with Crippen molar-refractivity contribution in [2.45, 2.75) is 18.9 Å². The van der Waals surface area contributed by atoms with E-state index in [1.165, 1.54) is 16.7 Å². The number of carboxylic acids is 1. The van der Waals surface area contributed by atoms with Gasteiger partial charge in [-0.1, -0.05) is 0 Å². The second-order valence-electron chi connectivity index (χ2n) is 4.21. The van der Waals surface area contributed by atoms with Crippen LogP contribution >= 0.6 is 11.8 Å². The number of hydrogen-bond acceptors (Lipinski definition) is 4. The van der Waals surface area contributed by atoms with Gasteiger partial charge in [0, 0.05) is 12.3 Å². The molecule has 2 saturated heterocycles. The molecule has 0 aromatic rings. The molecule has 2 heterocycles. The van der Waals surface area contributed by atoms with Crippen LogP contribution in [0.15, 0.2) is 0 Å². The largest absolute Gasteiger partial charge is 0.480 e. The van der Waals surface area contributed by atoms with Crippen LogP contribution in [-0.2, 0) is 9.59 Å². The molecule has 0 radical (unpaired) electrons. The minimum atomic E-state index is -0.887. The summed E-state index contributed by atoms with van der Waals surface area (Å²) in [6.07, 6.45) is 1.87. The van der Waals surface area contributed by atoms with Gasteiger partial charge in [0.15, 0.2) is 0 Å². The van der Waals surface area contributed by atoms with Gasteiger partial charge in [0.25, 0.3) is 0 Å². The fraction of sp³-hybridized carbons (Fsp3) is 0.800. The summed E-state index contributed by atoms with van der Waals surface area (Å²) in [6, 6.07) is -0.626. The van der Waals surface area contributed by atoms with Crippen LogP contribution in [0.3, 0.4) is 0 Å². The maximum atomic E-state index is 12.1. The molecule has 16 heavy (non-hydrogen) atoms. The lowest BCUT2D eigenvalue weighted by molar-refractivity contribution is -0.149. The standard InChI is InChI=1S/C10H16N2O3S/c13-9(7-2-1-3-11-4-7)12-6-16-5-8(12)10(14)15/h7-8,11H,1-6H2,(H,14,15)/t7-,8+/m1/s1. The fourth-order valence-electron chi connectivity index (χ4n) is 2.16. The molecule has 0 saturated carbocycles. The Hall–Kier alpha value is -0.750. The second-order valence-corrected chi connectivity index (χ2v) is 5.21. The topological polar surface area (TPSA) is 69.6 Å². The first-order valence-corrected chi connectivity index (χ1v) is 6.67. The summed E-state index contributed by atoms with van der Waals surface area (Å²) in [5.41, 5.74) is 0. The van der Waals surface area contributed by atoms with Gasteiger partial charge in [0.2, 0.25) is 5.91 Å². The van der Waals surface area contributed by atoms with Crippen LogP contribution in [0.4, 0.5) is 0 Å². The number of nitrogens with one attached hydrogen (secondary N) is 1. The lowest BCUT2D eigenvalue weighted by Crippen LogP contribution is -2.48. The van der Waals surface area contributed by atoms with E-state index in [4.69, 9.17) is 5.11 Å². The molecule has 2 N–H and O–H groups in total. The zero-order valence-electron chi connectivity index (χ0n) is 9.02. The molecule has 0 spiro atoms. The molecule has 1 amide bonds. The molecule has 2 aliphatic heterocycles. The Kier molecular flexibility index (Phi) is 3.70. The Bertz CT molecular complexity index is 292. The number of carbonyl (C=O) groups excluding carboxylic acids is 1. The van der Waals surface area contributed by atoms with Crippen LogP contribution in [0.25, 0.3) is 0 Å². The Morgan fingerprint density at radius 1 is 1.44 bits per heavy atom. The summed E-state index contributed by atoms with van der Waals surface area (Å²) < 4.78 is 0. The van der Waals surface area contributed by atoms with Crippen molar-refractivity contribution in [3.63, 3.8) is 0 Å². The maximum absolute atomic E-state index is 12.1. The molecule has 2 rings (SSSR count). The number of carbonyl (C=O) groups is 2. The van der Waals surface area contributed by atoms with Crippen LogP contribution in [0.5, 0.6) is 0 Å². The van der Waals surface area contributed by atoms with Crippen LogP contribution in [0, 0.1) is 5.92 Å². The highest BCUT2D eigenvalue weighted by Gasteiger charge is 2.37. The molecule has 0 bridgehead atoms. The lowest BCUT2D eigenvalue weighted by Gasteiger charge is -2.28. The van der Waals surface area contributed by atoms with E-state index in [9.17, 15) is 9.59 Å². The van der Waals surface area contributed by atoms with Gasteiger partial charge in [-0.15, -0.1) is 11.8 Å². The molecule has 2 aliphatic rings. The van der Waals surface area contributed by atoms with Gasteiger partial charge in [-0.25, -0.2) is 4.79 Å². The molecule has 0 unspecified atom stereocenters. The van der Waals surface area contributed by atoms with Crippen LogP contribution in [0.2, 0.25) is 0 Å². The molecule has 6 heteroatoms. The Morgan fingerprint density at radius 3 is 2.88 bits per heavy atom. The Balaban J connectivity index is 1.99. The van der Waals surface area contributed by atoms with E-state index in [1.54, 1.807) is 0 Å². The van der Waals surface area contributed by atoms with Crippen molar-refractivity contribution in [2.24, 2.45) is 5.92 Å². The molecule has 5 nitrogen and oxygen atoms in total. The molecule has 0 aromatic carbocycles. The summed E-state index contributed by atoms with van der Waals surface area (Å²) in [5.74, 6) is 0.120. The number of amides is 1. The van der Waals surface area contributed by atoms with E-state index in [0.29, 0.717) is 18.2 Å². The Labute approximate surface area is 98.6 Å². The average molecular weight is 244 g/mol. The minimum absolute atomic E-state index is 0.00426. The van der Waals surface area contributed by atoms with Gasteiger partial charge in [-0.3, -0.25) is 4.79 Å². The van der Waals surface area contributed by atoms with Crippen molar-refractivity contribution in [2.75, 3.05) is 24.7 Å².